The Labute approximate surface area is 116 Å². The molecule has 2 fully saturated rings. The number of thioether (sulfide) groups is 1. The molecule has 0 radical (unpaired) electrons. The molecule has 2 amide bonds. The maximum atomic E-state index is 12.5. The Bertz CT molecular complexity index is 505. The summed E-state index contributed by atoms with van der Waals surface area (Å²) in [5, 5.41) is -0.287. The van der Waals surface area contributed by atoms with Crippen LogP contribution in [0.15, 0.2) is 30.3 Å². The molecule has 5 heteroatoms. The number of carbonyl (C=O) groups excluding carboxylic acids is 2. The monoisotopic (exact) mass is 276 g/mol. The van der Waals surface area contributed by atoms with Crippen LogP contribution < -0.4 is 0 Å². The molecular weight excluding hydrogens is 260 g/mol. The van der Waals surface area contributed by atoms with Gasteiger partial charge in [0.25, 0.3) is 5.91 Å². The lowest BCUT2D eigenvalue weighted by atomic mass is 10.0. The van der Waals surface area contributed by atoms with E-state index in [1.807, 2.05) is 30.3 Å². The van der Waals surface area contributed by atoms with Crippen molar-refractivity contribution in [3.05, 3.63) is 35.9 Å². The van der Waals surface area contributed by atoms with Crippen molar-refractivity contribution >= 4 is 23.6 Å². The fourth-order valence-electron chi connectivity index (χ4n) is 2.65. The second-order valence-corrected chi connectivity index (χ2v) is 6.10. The number of piperazine rings is 1. The Morgan fingerprint density at radius 2 is 1.95 bits per heavy atom. The van der Waals surface area contributed by atoms with Crippen LogP contribution >= 0.6 is 11.8 Å². The SMILES string of the molecule is CN1C(=O)[C@@H]2SCCN2C(=O)[C@@H]1Cc1ccccc1. The van der Waals surface area contributed by atoms with E-state index in [0.717, 1.165) is 11.3 Å². The summed E-state index contributed by atoms with van der Waals surface area (Å²) in [5.41, 5.74) is 1.09. The first-order valence-corrected chi connectivity index (χ1v) is 7.46. The summed E-state index contributed by atoms with van der Waals surface area (Å²) in [6, 6.07) is 9.50. The van der Waals surface area contributed by atoms with Gasteiger partial charge in [-0.15, -0.1) is 11.8 Å². The lowest BCUT2D eigenvalue weighted by molar-refractivity contribution is -0.155. The van der Waals surface area contributed by atoms with E-state index in [0.29, 0.717) is 13.0 Å². The zero-order valence-electron chi connectivity index (χ0n) is 10.8. The van der Waals surface area contributed by atoms with Crippen LogP contribution in [0.5, 0.6) is 0 Å². The normalized spacial score (nSPS) is 26.8. The zero-order valence-corrected chi connectivity index (χ0v) is 11.6. The molecule has 0 aromatic heterocycles. The van der Waals surface area contributed by atoms with Gasteiger partial charge in [0, 0.05) is 25.8 Å². The lowest BCUT2D eigenvalue weighted by Gasteiger charge is -2.39. The minimum absolute atomic E-state index is 0.0584. The lowest BCUT2D eigenvalue weighted by Crippen LogP contribution is -2.61. The van der Waals surface area contributed by atoms with Gasteiger partial charge in [0.05, 0.1) is 0 Å². The Kier molecular flexibility index (Phi) is 3.22. The molecule has 2 atom stereocenters. The summed E-state index contributed by atoms with van der Waals surface area (Å²) >= 11 is 1.56. The smallest absolute Gasteiger partial charge is 0.256 e. The highest BCUT2D eigenvalue weighted by Crippen LogP contribution is 2.31. The third-order valence-electron chi connectivity index (χ3n) is 3.76. The van der Waals surface area contributed by atoms with Crippen molar-refractivity contribution < 1.29 is 9.59 Å². The van der Waals surface area contributed by atoms with E-state index in [1.165, 1.54) is 0 Å². The van der Waals surface area contributed by atoms with Gasteiger partial charge in [0.1, 0.15) is 6.04 Å². The molecule has 1 aromatic carbocycles. The fraction of sp³-hybridized carbons (Fsp3) is 0.429. The van der Waals surface area contributed by atoms with Crippen molar-refractivity contribution in [1.29, 1.82) is 0 Å². The minimum Gasteiger partial charge on any atom is -0.331 e. The van der Waals surface area contributed by atoms with Crippen molar-refractivity contribution in [1.82, 2.24) is 9.80 Å². The Balaban J connectivity index is 1.84. The van der Waals surface area contributed by atoms with Gasteiger partial charge < -0.3 is 9.80 Å². The molecule has 19 heavy (non-hydrogen) atoms. The van der Waals surface area contributed by atoms with Crippen LogP contribution in [-0.2, 0) is 16.0 Å². The Morgan fingerprint density at radius 3 is 2.68 bits per heavy atom. The van der Waals surface area contributed by atoms with Crippen LogP contribution in [0.25, 0.3) is 0 Å². The maximum Gasteiger partial charge on any atom is 0.256 e. The average Bonchev–Trinajstić information content (AvgIpc) is 2.92. The number of amides is 2. The number of hydrogen-bond acceptors (Lipinski definition) is 3. The molecule has 4 nitrogen and oxygen atoms in total. The molecule has 0 N–H and O–H groups in total. The zero-order chi connectivity index (χ0) is 13.4. The van der Waals surface area contributed by atoms with Crippen molar-refractivity contribution in [2.45, 2.75) is 17.8 Å². The maximum absolute atomic E-state index is 12.5. The van der Waals surface area contributed by atoms with Gasteiger partial charge in [-0.3, -0.25) is 9.59 Å². The predicted molar refractivity (Wildman–Crippen MR) is 74.7 cm³/mol. The van der Waals surface area contributed by atoms with Gasteiger partial charge in [0.2, 0.25) is 5.91 Å². The summed E-state index contributed by atoms with van der Waals surface area (Å²) in [4.78, 5) is 28.1. The van der Waals surface area contributed by atoms with Crippen molar-refractivity contribution in [2.24, 2.45) is 0 Å². The molecule has 3 rings (SSSR count). The molecule has 0 saturated carbocycles. The minimum atomic E-state index is -0.357. The van der Waals surface area contributed by atoms with E-state index < -0.39 is 0 Å². The van der Waals surface area contributed by atoms with Crippen molar-refractivity contribution in [3.8, 4) is 0 Å². The van der Waals surface area contributed by atoms with E-state index in [1.54, 1.807) is 28.6 Å². The van der Waals surface area contributed by atoms with Crippen LogP contribution in [0.3, 0.4) is 0 Å². The average molecular weight is 276 g/mol. The quantitative estimate of drug-likeness (QED) is 0.808. The summed E-state index contributed by atoms with van der Waals surface area (Å²) in [6.07, 6.45) is 0.593. The molecular formula is C14H16N2O2S. The van der Waals surface area contributed by atoms with Crippen LogP contribution in [-0.4, -0.2) is 52.4 Å². The van der Waals surface area contributed by atoms with E-state index >= 15 is 0 Å². The van der Waals surface area contributed by atoms with Crippen LogP contribution in [0.2, 0.25) is 0 Å². The highest BCUT2D eigenvalue weighted by atomic mass is 32.2. The number of benzene rings is 1. The highest BCUT2D eigenvalue weighted by Gasteiger charge is 2.46. The fourth-order valence-corrected chi connectivity index (χ4v) is 3.87. The van der Waals surface area contributed by atoms with Crippen LogP contribution in [0, 0.1) is 0 Å². The highest BCUT2D eigenvalue weighted by molar-refractivity contribution is 8.00. The number of hydrogen-bond donors (Lipinski definition) is 0. The van der Waals surface area contributed by atoms with E-state index in [2.05, 4.69) is 0 Å². The summed E-state index contributed by atoms with van der Waals surface area (Å²) in [7, 11) is 1.74. The van der Waals surface area contributed by atoms with Gasteiger partial charge in [-0.25, -0.2) is 0 Å². The second kappa shape index (κ2) is 4.89. The summed E-state index contributed by atoms with van der Waals surface area (Å²) < 4.78 is 0. The molecule has 2 saturated heterocycles. The molecule has 0 unspecified atom stereocenters. The first-order valence-electron chi connectivity index (χ1n) is 6.41. The third kappa shape index (κ3) is 2.12. The van der Waals surface area contributed by atoms with Crippen LogP contribution in [0.1, 0.15) is 5.56 Å². The number of fused-ring (bicyclic) bond motifs is 1. The van der Waals surface area contributed by atoms with Crippen molar-refractivity contribution in [3.63, 3.8) is 0 Å². The molecule has 0 aliphatic carbocycles. The van der Waals surface area contributed by atoms with Gasteiger partial charge in [-0.1, -0.05) is 30.3 Å². The van der Waals surface area contributed by atoms with Crippen molar-refractivity contribution in [2.75, 3.05) is 19.3 Å². The van der Waals surface area contributed by atoms with Gasteiger partial charge in [-0.2, -0.15) is 0 Å². The standard InChI is InChI=1S/C14H16N2O2S/c1-15-11(9-10-5-3-2-4-6-10)12(17)16-7-8-19-14(16)13(15)18/h2-6,11,14H,7-9H2,1H3/t11-,14-/m0/s1. The second-order valence-electron chi connectivity index (χ2n) is 4.91. The molecule has 2 aliphatic heterocycles. The Hall–Kier alpha value is -1.49. The van der Waals surface area contributed by atoms with Crippen LogP contribution in [0.4, 0.5) is 0 Å². The van der Waals surface area contributed by atoms with Gasteiger partial charge in [-0.05, 0) is 5.56 Å². The van der Waals surface area contributed by atoms with Gasteiger partial charge >= 0.3 is 0 Å². The molecule has 2 aliphatic rings. The third-order valence-corrected chi connectivity index (χ3v) is 4.95. The first kappa shape index (κ1) is 12.5. The molecule has 0 bridgehead atoms. The molecule has 2 heterocycles. The summed E-state index contributed by atoms with van der Waals surface area (Å²) in [6.45, 7) is 0.693. The number of nitrogens with zero attached hydrogens (tertiary/aromatic N) is 2. The first-order chi connectivity index (χ1) is 9.18. The Morgan fingerprint density at radius 1 is 1.21 bits per heavy atom. The number of likely N-dealkylation sites (N-methyl/N-ethyl adjacent to an activating group) is 1. The van der Waals surface area contributed by atoms with E-state index in [9.17, 15) is 9.59 Å². The largest absolute Gasteiger partial charge is 0.331 e. The molecule has 100 valence electrons. The molecule has 1 aromatic rings. The number of carbonyl (C=O) groups is 2. The van der Waals surface area contributed by atoms with Gasteiger partial charge in [0.15, 0.2) is 5.37 Å². The molecule has 0 spiro atoms. The van der Waals surface area contributed by atoms with E-state index in [4.69, 9.17) is 0 Å². The number of rotatable bonds is 2. The predicted octanol–water partition coefficient (Wildman–Crippen LogP) is 0.971. The topological polar surface area (TPSA) is 40.6 Å². The summed E-state index contributed by atoms with van der Waals surface area (Å²) in [5.74, 6) is 0.998. The van der Waals surface area contributed by atoms with E-state index in [-0.39, 0.29) is 23.2 Å².